The van der Waals surface area contributed by atoms with E-state index < -0.39 is 0 Å². The zero-order valence-electron chi connectivity index (χ0n) is 17.1. The number of amides is 1. The van der Waals surface area contributed by atoms with Gasteiger partial charge >= 0.3 is 0 Å². The van der Waals surface area contributed by atoms with Gasteiger partial charge in [0.15, 0.2) is 0 Å². The Labute approximate surface area is 176 Å². The third-order valence-electron chi connectivity index (χ3n) is 5.71. The van der Waals surface area contributed by atoms with Gasteiger partial charge in [-0.15, -0.1) is 0 Å². The Hall–Kier alpha value is -2.70. The molecule has 158 valence electrons. The Kier molecular flexibility index (Phi) is 6.77. The summed E-state index contributed by atoms with van der Waals surface area (Å²) in [6.45, 7) is 5.07. The van der Waals surface area contributed by atoms with E-state index in [-0.39, 0.29) is 24.1 Å². The van der Waals surface area contributed by atoms with E-state index in [0.29, 0.717) is 6.54 Å². The Morgan fingerprint density at radius 2 is 2.00 bits per heavy atom. The summed E-state index contributed by atoms with van der Waals surface area (Å²) in [5, 5.41) is 4.11. The maximum Gasteiger partial charge on any atom is 0.220 e. The van der Waals surface area contributed by atoms with Gasteiger partial charge in [0.05, 0.1) is 13.2 Å². The number of fused-ring (bicyclic) bond motifs is 1. The van der Waals surface area contributed by atoms with Gasteiger partial charge in [-0.05, 0) is 42.3 Å². The molecule has 0 aliphatic carbocycles. The third-order valence-corrected chi connectivity index (χ3v) is 5.71. The third kappa shape index (κ3) is 5.07. The highest BCUT2D eigenvalue weighted by atomic mass is 19.1. The molecule has 1 aromatic heterocycles. The summed E-state index contributed by atoms with van der Waals surface area (Å²) in [6, 6.07) is 14.5. The van der Waals surface area contributed by atoms with Gasteiger partial charge in [-0.3, -0.25) is 9.69 Å². The van der Waals surface area contributed by atoms with E-state index in [1.54, 1.807) is 6.07 Å². The van der Waals surface area contributed by atoms with Crippen molar-refractivity contribution in [1.29, 1.82) is 0 Å². The zero-order valence-corrected chi connectivity index (χ0v) is 17.1. The molecule has 0 saturated carbocycles. The van der Waals surface area contributed by atoms with Crippen LogP contribution in [0, 0.1) is 5.82 Å². The largest absolute Gasteiger partial charge is 0.379 e. The van der Waals surface area contributed by atoms with Crippen molar-refractivity contribution in [1.82, 2.24) is 15.2 Å². The summed E-state index contributed by atoms with van der Waals surface area (Å²) in [7, 11) is 0. The molecule has 2 heterocycles. The van der Waals surface area contributed by atoms with Gasteiger partial charge in [0.25, 0.3) is 0 Å². The minimum Gasteiger partial charge on any atom is -0.379 e. The molecule has 0 radical (unpaired) electrons. The standard InChI is InChI=1S/C24H28FN3O2/c25-19-6-3-5-18(15-19)21(22-17-27-23-8-2-1-7-20(22)23)16-24(29)26-9-4-10-28-11-13-30-14-12-28/h1-3,5-8,15,17,21,27H,4,9-14,16H2,(H,26,29)/t21-/m1/s1. The molecular weight excluding hydrogens is 381 g/mol. The molecular formula is C24H28FN3O2. The summed E-state index contributed by atoms with van der Waals surface area (Å²) >= 11 is 0. The highest BCUT2D eigenvalue weighted by Gasteiger charge is 2.22. The van der Waals surface area contributed by atoms with Crippen molar-refractivity contribution in [3.63, 3.8) is 0 Å². The van der Waals surface area contributed by atoms with E-state index in [1.165, 1.54) is 12.1 Å². The molecule has 1 fully saturated rings. The van der Waals surface area contributed by atoms with Crippen LogP contribution in [-0.2, 0) is 9.53 Å². The van der Waals surface area contributed by atoms with Crippen molar-refractivity contribution in [2.24, 2.45) is 0 Å². The minimum absolute atomic E-state index is 0.0171. The van der Waals surface area contributed by atoms with Crippen molar-refractivity contribution in [3.8, 4) is 0 Å². The number of carbonyl (C=O) groups excluding carboxylic acids is 1. The van der Waals surface area contributed by atoms with Crippen molar-refractivity contribution < 1.29 is 13.9 Å². The minimum atomic E-state index is -0.289. The number of benzene rings is 2. The highest BCUT2D eigenvalue weighted by molar-refractivity contribution is 5.86. The number of carbonyl (C=O) groups is 1. The van der Waals surface area contributed by atoms with Crippen LogP contribution in [0.15, 0.2) is 54.7 Å². The Bertz CT molecular complexity index is 981. The van der Waals surface area contributed by atoms with Crippen LogP contribution >= 0.6 is 0 Å². The molecule has 1 amide bonds. The van der Waals surface area contributed by atoms with Gasteiger partial charge in [-0.25, -0.2) is 4.39 Å². The molecule has 2 N–H and O–H groups in total. The molecule has 6 heteroatoms. The second kappa shape index (κ2) is 9.87. The number of halogens is 1. The van der Waals surface area contributed by atoms with Gasteiger partial charge in [0.1, 0.15) is 5.82 Å². The predicted molar refractivity (Wildman–Crippen MR) is 116 cm³/mol. The normalized spacial score (nSPS) is 15.9. The zero-order chi connectivity index (χ0) is 20.8. The van der Waals surface area contributed by atoms with Crippen molar-refractivity contribution >= 4 is 16.8 Å². The van der Waals surface area contributed by atoms with Crippen molar-refractivity contribution in [3.05, 3.63) is 71.7 Å². The summed E-state index contributed by atoms with van der Waals surface area (Å²) in [5.74, 6) is -0.518. The molecule has 2 aromatic carbocycles. The molecule has 1 aliphatic rings. The molecule has 0 unspecified atom stereocenters. The van der Waals surface area contributed by atoms with Gasteiger partial charge in [0.2, 0.25) is 5.91 Å². The molecule has 0 spiro atoms. The van der Waals surface area contributed by atoms with E-state index in [0.717, 1.165) is 61.3 Å². The number of nitrogens with one attached hydrogen (secondary N) is 2. The second-order valence-corrected chi connectivity index (χ2v) is 7.76. The van der Waals surface area contributed by atoms with Crippen LogP contribution in [0.2, 0.25) is 0 Å². The molecule has 30 heavy (non-hydrogen) atoms. The van der Waals surface area contributed by atoms with Crippen molar-refractivity contribution in [2.75, 3.05) is 39.4 Å². The highest BCUT2D eigenvalue weighted by Crippen LogP contribution is 2.33. The van der Waals surface area contributed by atoms with Crippen LogP contribution in [-0.4, -0.2) is 55.2 Å². The smallest absolute Gasteiger partial charge is 0.220 e. The Morgan fingerprint density at radius 3 is 2.83 bits per heavy atom. The number of morpholine rings is 1. The molecule has 3 aromatic rings. The number of hydrogen-bond donors (Lipinski definition) is 2. The first-order chi connectivity index (χ1) is 14.7. The average molecular weight is 410 g/mol. The fraction of sp³-hybridized carbons (Fsp3) is 0.375. The van der Waals surface area contributed by atoms with Gasteiger partial charge < -0.3 is 15.0 Å². The first kappa shape index (κ1) is 20.6. The first-order valence-electron chi connectivity index (χ1n) is 10.6. The Morgan fingerprint density at radius 1 is 1.17 bits per heavy atom. The molecule has 1 saturated heterocycles. The fourth-order valence-corrected chi connectivity index (χ4v) is 4.13. The lowest BCUT2D eigenvalue weighted by Crippen LogP contribution is -2.38. The topological polar surface area (TPSA) is 57.4 Å². The van der Waals surface area contributed by atoms with Crippen LogP contribution in [0.25, 0.3) is 10.9 Å². The maximum absolute atomic E-state index is 13.9. The number of ether oxygens (including phenoxy) is 1. The molecule has 1 aliphatic heterocycles. The van der Waals surface area contributed by atoms with Crippen LogP contribution in [0.4, 0.5) is 4.39 Å². The van der Waals surface area contributed by atoms with Crippen LogP contribution in [0.5, 0.6) is 0 Å². The van der Waals surface area contributed by atoms with Crippen molar-refractivity contribution in [2.45, 2.75) is 18.8 Å². The number of aromatic amines is 1. The van der Waals surface area contributed by atoms with E-state index in [1.807, 2.05) is 36.5 Å². The lowest BCUT2D eigenvalue weighted by Gasteiger charge is -2.26. The Balaban J connectivity index is 1.43. The van der Waals surface area contributed by atoms with E-state index in [9.17, 15) is 9.18 Å². The van der Waals surface area contributed by atoms with Gasteiger partial charge in [-0.2, -0.15) is 0 Å². The SMILES string of the molecule is O=C(C[C@H](c1cccc(F)c1)c1c[nH]c2ccccc12)NCCCN1CCOCC1. The molecule has 4 rings (SSSR count). The quantitative estimate of drug-likeness (QED) is 0.558. The fourth-order valence-electron chi connectivity index (χ4n) is 4.13. The van der Waals surface area contributed by atoms with Crippen LogP contribution in [0.3, 0.4) is 0 Å². The average Bonchev–Trinajstić information content (AvgIpc) is 3.20. The maximum atomic E-state index is 13.9. The summed E-state index contributed by atoms with van der Waals surface area (Å²) in [4.78, 5) is 18.4. The van der Waals surface area contributed by atoms with Gasteiger partial charge in [-0.1, -0.05) is 30.3 Å². The van der Waals surface area contributed by atoms with Crippen LogP contribution < -0.4 is 5.32 Å². The number of para-hydroxylation sites is 1. The van der Waals surface area contributed by atoms with E-state index >= 15 is 0 Å². The number of nitrogens with zero attached hydrogens (tertiary/aromatic N) is 1. The number of hydrogen-bond acceptors (Lipinski definition) is 3. The van der Waals surface area contributed by atoms with Gasteiger partial charge in [0, 0.05) is 49.1 Å². The van der Waals surface area contributed by atoms with E-state index in [2.05, 4.69) is 15.2 Å². The van der Waals surface area contributed by atoms with E-state index in [4.69, 9.17) is 4.74 Å². The summed E-state index contributed by atoms with van der Waals surface area (Å²) < 4.78 is 19.3. The molecule has 1 atom stereocenters. The number of aromatic nitrogens is 1. The second-order valence-electron chi connectivity index (χ2n) is 7.76. The molecule has 0 bridgehead atoms. The first-order valence-corrected chi connectivity index (χ1v) is 10.6. The van der Waals surface area contributed by atoms with Crippen LogP contribution in [0.1, 0.15) is 29.9 Å². The summed E-state index contributed by atoms with van der Waals surface area (Å²) in [5.41, 5.74) is 2.84. The monoisotopic (exact) mass is 409 g/mol. The number of H-pyrrole nitrogens is 1. The summed E-state index contributed by atoms with van der Waals surface area (Å²) in [6.07, 6.45) is 3.12. The lowest BCUT2D eigenvalue weighted by molar-refractivity contribution is -0.121. The predicted octanol–water partition coefficient (Wildman–Crippen LogP) is 3.67. The lowest BCUT2D eigenvalue weighted by atomic mass is 9.88. The number of rotatable bonds is 8. The molecule has 5 nitrogen and oxygen atoms in total.